The van der Waals surface area contributed by atoms with Crippen molar-refractivity contribution in [2.24, 2.45) is 0 Å². The molecule has 1 aliphatic rings. The fraction of sp³-hybridized carbons (Fsp3) is 0.588. The summed E-state index contributed by atoms with van der Waals surface area (Å²) in [4.78, 5) is 14.9. The molecule has 3 heteroatoms. The first-order valence-electron chi connectivity index (χ1n) is 7.49. The molecular formula is C17H25NO2. The van der Waals surface area contributed by atoms with Crippen molar-refractivity contribution in [2.45, 2.75) is 51.7 Å². The number of hydrogen-bond donors (Lipinski definition) is 0. The zero-order chi connectivity index (χ0) is 14.6. The van der Waals surface area contributed by atoms with Crippen molar-refractivity contribution in [3.05, 3.63) is 35.9 Å². The Hall–Kier alpha value is -1.35. The van der Waals surface area contributed by atoms with Gasteiger partial charge in [0.25, 0.3) is 0 Å². The lowest BCUT2D eigenvalue weighted by molar-refractivity contribution is -0.162. The third-order valence-corrected chi connectivity index (χ3v) is 3.50. The molecule has 1 aromatic carbocycles. The molecule has 1 fully saturated rings. The van der Waals surface area contributed by atoms with Gasteiger partial charge in [0.15, 0.2) is 0 Å². The van der Waals surface area contributed by atoms with Gasteiger partial charge >= 0.3 is 5.97 Å². The van der Waals surface area contributed by atoms with Crippen LogP contribution >= 0.6 is 0 Å². The summed E-state index contributed by atoms with van der Waals surface area (Å²) in [6, 6.07) is 9.71. The number of rotatable bonds is 3. The van der Waals surface area contributed by atoms with Crippen LogP contribution in [0.1, 0.15) is 51.6 Å². The molecule has 0 bridgehead atoms. The fourth-order valence-electron chi connectivity index (χ4n) is 2.67. The molecule has 0 saturated carbocycles. The van der Waals surface area contributed by atoms with Gasteiger partial charge in [-0.25, -0.2) is 4.79 Å². The molecule has 1 aromatic rings. The summed E-state index contributed by atoms with van der Waals surface area (Å²) in [7, 11) is 0. The normalized spacial score (nSPS) is 18.6. The summed E-state index contributed by atoms with van der Waals surface area (Å²) < 4.78 is 5.63. The number of benzene rings is 1. The highest BCUT2D eigenvalue weighted by Gasteiger charge is 2.32. The van der Waals surface area contributed by atoms with Crippen LogP contribution in [0, 0.1) is 0 Å². The Bertz CT molecular complexity index is 430. The molecule has 20 heavy (non-hydrogen) atoms. The molecule has 1 saturated heterocycles. The van der Waals surface area contributed by atoms with Gasteiger partial charge in [0, 0.05) is 0 Å². The predicted molar refractivity (Wildman–Crippen MR) is 80.5 cm³/mol. The maximum atomic E-state index is 12.6. The number of carbonyl (C=O) groups is 1. The lowest BCUT2D eigenvalue weighted by Crippen LogP contribution is -2.40. The zero-order valence-electron chi connectivity index (χ0n) is 12.8. The molecule has 1 aliphatic heterocycles. The Morgan fingerprint density at radius 2 is 1.70 bits per heavy atom. The summed E-state index contributed by atoms with van der Waals surface area (Å²) in [6.07, 6.45) is 3.57. The van der Waals surface area contributed by atoms with Crippen LogP contribution in [-0.2, 0) is 9.53 Å². The largest absolute Gasteiger partial charge is 0.459 e. The van der Waals surface area contributed by atoms with Crippen LogP contribution in [0.25, 0.3) is 0 Å². The van der Waals surface area contributed by atoms with Crippen molar-refractivity contribution in [1.29, 1.82) is 0 Å². The molecule has 0 radical (unpaired) electrons. The molecule has 2 rings (SSSR count). The van der Waals surface area contributed by atoms with Crippen molar-refractivity contribution in [2.75, 3.05) is 13.1 Å². The first-order chi connectivity index (χ1) is 9.47. The van der Waals surface area contributed by atoms with Crippen molar-refractivity contribution in [3.63, 3.8) is 0 Å². The Morgan fingerprint density at radius 1 is 1.10 bits per heavy atom. The van der Waals surface area contributed by atoms with Crippen LogP contribution in [-0.4, -0.2) is 29.6 Å². The van der Waals surface area contributed by atoms with E-state index in [1.165, 1.54) is 6.42 Å². The summed E-state index contributed by atoms with van der Waals surface area (Å²) in [6.45, 7) is 7.70. The summed E-state index contributed by atoms with van der Waals surface area (Å²) >= 11 is 0. The second-order valence-corrected chi connectivity index (χ2v) is 6.44. The summed E-state index contributed by atoms with van der Waals surface area (Å²) in [5.41, 5.74) is 0.587. The topological polar surface area (TPSA) is 29.5 Å². The number of piperidine rings is 1. The molecule has 0 aliphatic carbocycles. The maximum absolute atomic E-state index is 12.6. The highest BCUT2D eigenvalue weighted by atomic mass is 16.6. The van der Waals surface area contributed by atoms with Crippen LogP contribution in [0.4, 0.5) is 0 Å². The smallest absolute Gasteiger partial charge is 0.328 e. The molecule has 0 spiro atoms. The first-order valence-corrected chi connectivity index (χ1v) is 7.49. The minimum absolute atomic E-state index is 0.134. The summed E-state index contributed by atoms with van der Waals surface area (Å²) in [5, 5.41) is 0. The highest BCUT2D eigenvalue weighted by Crippen LogP contribution is 2.27. The first kappa shape index (κ1) is 15.0. The van der Waals surface area contributed by atoms with Crippen molar-refractivity contribution >= 4 is 5.97 Å². The van der Waals surface area contributed by atoms with Crippen molar-refractivity contribution < 1.29 is 9.53 Å². The standard InChI is InChI=1S/C17H25NO2/c1-17(2,3)20-16(19)15(14-10-6-4-7-11-14)18-12-8-5-9-13-18/h4,6-7,10-11,15H,5,8-9,12-13H2,1-3H3/t15-/m1/s1. The third-order valence-electron chi connectivity index (χ3n) is 3.50. The van der Waals surface area contributed by atoms with E-state index in [2.05, 4.69) is 4.90 Å². The van der Waals surface area contributed by atoms with E-state index in [4.69, 9.17) is 4.74 Å². The molecule has 0 unspecified atom stereocenters. The van der Waals surface area contributed by atoms with Crippen molar-refractivity contribution in [1.82, 2.24) is 4.90 Å². The van der Waals surface area contributed by atoms with E-state index in [-0.39, 0.29) is 12.0 Å². The van der Waals surface area contributed by atoms with E-state index < -0.39 is 5.60 Å². The number of hydrogen-bond acceptors (Lipinski definition) is 3. The maximum Gasteiger partial charge on any atom is 0.328 e. The lowest BCUT2D eigenvalue weighted by atomic mass is 10.0. The molecule has 1 heterocycles. The average Bonchev–Trinajstić information content (AvgIpc) is 2.39. The summed E-state index contributed by atoms with van der Waals surface area (Å²) in [5.74, 6) is -0.134. The van der Waals surface area contributed by atoms with Gasteiger partial charge in [-0.05, 0) is 52.3 Å². The third kappa shape index (κ3) is 4.07. The van der Waals surface area contributed by atoms with E-state index in [0.717, 1.165) is 31.5 Å². The van der Waals surface area contributed by atoms with Gasteiger partial charge in [0.2, 0.25) is 0 Å². The van der Waals surface area contributed by atoms with Gasteiger partial charge in [-0.2, -0.15) is 0 Å². The molecule has 110 valence electrons. The molecular weight excluding hydrogens is 250 g/mol. The SMILES string of the molecule is CC(C)(C)OC(=O)[C@@H](c1ccccc1)N1CCCCC1. The molecule has 0 aromatic heterocycles. The van der Waals surface area contributed by atoms with Crippen LogP contribution in [0.5, 0.6) is 0 Å². The number of likely N-dealkylation sites (tertiary alicyclic amines) is 1. The van der Waals surface area contributed by atoms with E-state index in [1.807, 2.05) is 51.1 Å². The molecule has 0 amide bonds. The highest BCUT2D eigenvalue weighted by molar-refractivity contribution is 5.78. The molecule has 3 nitrogen and oxygen atoms in total. The van der Waals surface area contributed by atoms with E-state index >= 15 is 0 Å². The van der Waals surface area contributed by atoms with Crippen molar-refractivity contribution in [3.8, 4) is 0 Å². The van der Waals surface area contributed by atoms with E-state index in [1.54, 1.807) is 0 Å². The predicted octanol–water partition coefficient (Wildman–Crippen LogP) is 3.56. The van der Waals surface area contributed by atoms with Crippen LogP contribution in [0.2, 0.25) is 0 Å². The molecule has 0 N–H and O–H groups in total. The lowest BCUT2D eigenvalue weighted by Gasteiger charge is -2.35. The quantitative estimate of drug-likeness (QED) is 0.790. The van der Waals surface area contributed by atoms with Gasteiger partial charge in [-0.3, -0.25) is 4.90 Å². The Kier molecular flexibility index (Phi) is 4.81. The molecule has 1 atom stereocenters. The number of ether oxygens (including phenoxy) is 1. The van der Waals surface area contributed by atoms with Gasteiger partial charge in [0.1, 0.15) is 11.6 Å². The van der Waals surface area contributed by atoms with Crippen LogP contribution in [0.15, 0.2) is 30.3 Å². The Labute approximate surface area is 121 Å². The number of nitrogens with zero attached hydrogens (tertiary/aromatic N) is 1. The van der Waals surface area contributed by atoms with Gasteiger partial charge in [-0.15, -0.1) is 0 Å². The van der Waals surface area contributed by atoms with Crippen LogP contribution < -0.4 is 0 Å². The average molecular weight is 275 g/mol. The van der Waals surface area contributed by atoms with Crippen LogP contribution in [0.3, 0.4) is 0 Å². The zero-order valence-corrected chi connectivity index (χ0v) is 12.8. The van der Waals surface area contributed by atoms with Gasteiger partial charge in [-0.1, -0.05) is 36.8 Å². The minimum Gasteiger partial charge on any atom is -0.459 e. The fourth-order valence-corrected chi connectivity index (χ4v) is 2.67. The van der Waals surface area contributed by atoms with Gasteiger partial charge in [0.05, 0.1) is 0 Å². The Balaban J connectivity index is 2.22. The second kappa shape index (κ2) is 6.40. The minimum atomic E-state index is -0.445. The number of carbonyl (C=O) groups excluding carboxylic acids is 1. The second-order valence-electron chi connectivity index (χ2n) is 6.44. The Morgan fingerprint density at radius 3 is 2.25 bits per heavy atom. The van der Waals surface area contributed by atoms with E-state index in [9.17, 15) is 4.79 Å². The number of esters is 1. The monoisotopic (exact) mass is 275 g/mol. The van der Waals surface area contributed by atoms with Gasteiger partial charge < -0.3 is 4.74 Å². The van der Waals surface area contributed by atoms with E-state index in [0.29, 0.717) is 0 Å².